The summed E-state index contributed by atoms with van der Waals surface area (Å²) in [5, 5.41) is 10.9. The van der Waals surface area contributed by atoms with Crippen LogP contribution in [0.4, 0.5) is 0 Å². The van der Waals surface area contributed by atoms with E-state index in [9.17, 15) is 9.59 Å². The van der Waals surface area contributed by atoms with Crippen LogP contribution in [0.25, 0.3) is 0 Å². The summed E-state index contributed by atoms with van der Waals surface area (Å²) in [4.78, 5) is 20.9. The van der Waals surface area contributed by atoms with Crippen molar-refractivity contribution in [2.24, 2.45) is 0 Å². The molecular weight excluding hydrogens is 186 g/mol. The normalized spacial score (nSPS) is 11.2. The van der Waals surface area contributed by atoms with Crippen LogP contribution in [0.5, 0.6) is 0 Å². The number of carboxylic acids is 1. The van der Waals surface area contributed by atoms with Gasteiger partial charge in [-0.1, -0.05) is 0 Å². The van der Waals surface area contributed by atoms with E-state index < -0.39 is 18.0 Å². The second kappa shape index (κ2) is 6.87. The molecule has 0 aromatic rings. The highest BCUT2D eigenvalue weighted by atomic mass is 35.5. The molecule has 0 saturated carbocycles. The number of likely N-dealkylation sites (N-methyl/N-ethyl adjacent to an activating group) is 1. The van der Waals surface area contributed by atoms with Crippen molar-refractivity contribution >= 4 is 24.3 Å². The maximum Gasteiger partial charge on any atom is 0.321 e. The van der Waals surface area contributed by atoms with E-state index in [4.69, 9.17) is 5.11 Å². The standard InChI is InChI=1S/C6H11NO4.ClH/c1-7-4(6(9)10)3-5(8)11-2;/h4,7H,3H2,1-2H3,(H,9,10);1H. The Balaban J connectivity index is 0. The summed E-state index contributed by atoms with van der Waals surface area (Å²) in [5.41, 5.74) is 0. The zero-order valence-corrected chi connectivity index (χ0v) is 7.68. The van der Waals surface area contributed by atoms with Gasteiger partial charge in [0.25, 0.3) is 0 Å². The van der Waals surface area contributed by atoms with Gasteiger partial charge in [-0.15, -0.1) is 12.4 Å². The van der Waals surface area contributed by atoms with Crippen LogP contribution in [0.1, 0.15) is 6.42 Å². The molecule has 0 aromatic carbocycles. The summed E-state index contributed by atoms with van der Waals surface area (Å²) >= 11 is 0. The average molecular weight is 198 g/mol. The minimum Gasteiger partial charge on any atom is -0.480 e. The van der Waals surface area contributed by atoms with Gasteiger partial charge in [0.15, 0.2) is 0 Å². The van der Waals surface area contributed by atoms with E-state index in [1.165, 1.54) is 14.2 Å². The molecule has 0 fully saturated rings. The molecule has 0 aliphatic heterocycles. The average Bonchev–Trinajstić information content (AvgIpc) is 1.99. The molecule has 0 spiro atoms. The van der Waals surface area contributed by atoms with Crippen molar-refractivity contribution < 1.29 is 19.4 Å². The molecule has 0 heterocycles. The van der Waals surface area contributed by atoms with Crippen LogP contribution in [0.15, 0.2) is 0 Å². The number of esters is 1. The highest BCUT2D eigenvalue weighted by Gasteiger charge is 2.18. The van der Waals surface area contributed by atoms with Gasteiger partial charge >= 0.3 is 11.9 Å². The Kier molecular flexibility index (Phi) is 7.88. The Labute approximate surface area is 76.5 Å². The van der Waals surface area contributed by atoms with E-state index in [1.54, 1.807) is 0 Å². The molecule has 1 atom stereocenters. The number of hydrogen-bond donors (Lipinski definition) is 2. The minimum absolute atomic E-state index is 0. The first-order chi connectivity index (χ1) is 5.11. The van der Waals surface area contributed by atoms with Gasteiger partial charge < -0.3 is 15.2 Å². The number of nitrogens with one attached hydrogen (secondary N) is 1. The number of hydrogen-bond acceptors (Lipinski definition) is 4. The smallest absolute Gasteiger partial charge is 0.321 e. The Hall–Kier alpha value is -0.810. The molecule has 0 rings (SSSR count). The maximum absolute atomic E-state index is 10.6. The highest BCUT2D eigenvalue weighted by molar-refractivity contribution is 5.85. The molecule has 2 N–H and O–H groups in total. The van der Waals surface area contributed by atoms with Gasteiger partial charge in [0.05, 0.1) is 13.5 Å². The summed E-state index contributed by atoms with van der Waals surface area (Å²) in [5.74, 6) is -1.59. The third-order valence-corrected chi connectivity index (χ3v) is 1.25. The van der Waals surface area contributed by atoms with Gasteiger partial charge in [0.1, 0.15) is 6.04 Å². The summed E-state index contributed by atoms with van der Waals surface area (Å²) in [6, 6.07) is -0.859. The van der Waals surface area contributed by atoms with Crippen LogP contribution >= 0.6 is 12.4 Å². The lowest BCUT2D eigenvalue weighted by molar-refractivity contribution is -0.147. The molecule has 0 aliphatic carbocycles. The maximum atomic E-state index is 10.6. The van der Waals surface area contributed by atoms with Gasteiger partial charge in [0, 0.05) is 0 Å². The Bertz CT molecular complexity index is 162. The Morgan fingerprint density at radius 3 is 2.33 bits per heavy atom. The van der Waals surface area contributed by atoms with Crippen molar-refractivity contribution in [2.75, 3.05) is 14.2 Å². The number of methoxy groups -OCH3 is 1. The molecule has 1 unspecified atom stereocenters. The van der Waals surface area contributed by atoms with Gasteiger partial charge in [-0.2, -0.15) is 0 Å². The summed E-state index contributed by atoms with van der Waals surface area (Å²) in [6.07, 6.45) is -0.150. The lowest BCUT2D eigenvalue weighted by Crippen LogP contribution is -2.36. The number of aliphatic carboxylic acids is 1. The number of carboxylic acid groups (broad SMARTS) is 1. The van der Waals surface area contributed by atoms with E-state index in [-0.39, 0.29) is 18.8 Å². The second-order valence-corrected chi connectivity index (χ2v) is 1.96. The fraction of sp³-hybridized carbons (Fsp3) is 0.667. The monoisotopic (exact) mass is 197 g/mol. The molecule has 0 aliphatic rings. The topological polar surface area (TPSA) is 75.6 Å². The minimum atomic E-state index is -1.06. The molecule has 0 aromatic heterocycles. The highest BCUT2D eigenvalue weighted by Crippen LogP contribution is 1.92. The van der Waals surface area contributed by atoms with Crippen molar-refractivity contribution in [3.05, 3.63) is 0 Å². The van der Waals surface area contributed by atoms with Crippen LogP contribution in [0.2, 0.25) is 0 Å². The summed E-state index contributed by atoms with van der Waals surface area (Å²) < 4.78 is 4.29. The zero-order valence-electron chi connectivity index (χ0n) is 6.86. The first-order valence-electron chi connectivity index (χ1n) is 3.08. The number of ether oxygens (including phenoxy) is 1. The molecule has 12 heavy (non-hydrogen) atoms. The first kappa shape index (κ1) is 13.8. The second-order valence-electron chi connectivity index (χ2n) is 1.96. The van der Waals surface area contributed by atoms with Crippen LogP contribution in [-0.4, -0.2) is 37.2 Å². The molecule has 6 heteroatoms. The quantitative estimate of drug-likeness (QED) is 0.603. The van der Waals surface area contributed by atoms with Crippen molar-refractivity contribution in [2.45, 2.75) is 12.5 Å². The van der Waals surface area contributed by atoms with Gasteiger partial charge in [0.2, 0.25) is 0 Å². The van der Waals surface area contributed by atoms with Crippen molar-refractivity contribution in [3.63, 3.8) is 0 Å². The van der Waals surface area contributed by atoms with E-state index >= 15 is 0 Å². The number of carbonyl (C=O) groups excluding carboxylic acids is 1. The third-order valence-electron chi connectivity index (χ3n) is 1.25. The predicted octanol–water partition coefficient (Wildman–Crippen LogP) is -0.356. The number of carbonyl (C=O) groups is 2. The molecular formula is C6H12ClNO4. The first-order valence-corrected chi connectivity index (χ1v) is 3.08. The lowest BCUT2D eigenvalue weighted by Gasteiger charge is -2.08. The van der Waals surface area contributed by atoms with E-state index in [0.717, 1.165) is 0 Å². The van der Waals surface area contributed by atoms with Crippen LogP contribution < -0.4 is 5.32 Å². The predicted molar refractivity (Wildman–Crippen MR) is 44.4 cm³/mol. The third kappa shape index (κ3) is 4.92. The Morgan fingerprint density at radius 2 is 2.08 bits per heavy atom. The van der Waals surface area contributed by atoms with Gasteiger partial charge in [-0.05, 0) is 7.05 Å². The molecule has 0 amide bonds. The summed E-state index contributed by atoms with van der Waals surface area (Å²) in [6.45, 7) is 0. The van der Waals surface area contributed by atoms with Crippen LogP contribution in [-0.2, 0) is 14.3 Å². The van der Waals surface area contributed by atoms with Gasteiger partial charge in [-0.25, -0.2) is 0 Å². The number of rotatable bonds is 4. The molecule has 0 radical (unpaired) electrons. The van der Waals surface area contributed by atoms with Crippen LogP contribution in [0, 0.1) is 0 Å². The van der Waals surface area contributed by atoms with E-state index in [1.807, 2.05) is 0 Å². The van der Waals surface area contributed by atoms with E-state index in [2.05, 4.69) is 10.1 Å². The van der Waals surface area contributed by atoms with Crippen LogP contribution in [0.3, 0.4) is 0 Å². The fourth-order valence-corrected chi connectivity index (χ4v) is 0.563. The fourth-order valence-electron chi connectivity index (χ4n) is 0.563. The SMILES string of the molecule is CNC(CC(=O)OC)C(=O)O.Cl. The Morgan fingerprint density at radius 1 is 1.58 bits per heavy atom. The van der Waals surface area contributed by atoms with Gasteiger partial charge in [-0.3, -0.25) is 9.59 Å². The molecule has 0 saturated heterocycles. The zero-order chi connectivity index (χ0) is 8.85. The number of halogens is 1. The van der Waals surface area contributed by atoms with Crippen molar-refractivity contribution in [1.29, 1.82) is 0 Å². The van der Waals surface area contributed by atoms with Crippen molar-refractivity contribution in [1.82, 2.24) is 5.32 Å². The lowest BCUT2D eigenvalue weighted by atomic mass is 10.2. The molecule has 5 nitrogen and oxygen atoms in total. The van der Waals surface area contributed by atoms with E-state index in [0.29, 0.717) is 0 Å². The van der Waals surface area contributed by atoms with Crippen molar-refractivity contribution in [3.8, 4) is 0 Å². The largest absolute Gasteiger partial charge is 0.480 e. The summed E-state index contributed by atoms with van der Waals surface area (Å²) in [7, 11) is 2.69. The molecule has 72 valence electrons. The molecule has 0 bridgehead atoms.